The SMILES string of the molecule is Cc1ccc(CCC(=O)N2CCCC2C(=O)N2CCSCC2)cc1. The number of hydrogen-bond donors (Lipinski definition) is 0. The summed E-state index contributed by atoms with van der Waals surface area (Å²) < 4.78 is 0. The molecular weight excluding hydrogens is 320 g/mol. The van der Waals surface area contributed by atoms with E-state index in [-0.39, 0.29) is 17.9 Å². The van der Waals surface area contributed by atoms with Crippen LogP contribution in [0.4, 0.5) is 0 Å². The topological polar surface area (TPSA) is 40.6 Å². The largest absolute Gasteiger partial charge is 0.339 e. The number of carbonyl (C=O) groups excluding carboxylic acids is 2. The normalized spacial score (nSPS) is 21.1. The van der Waals surface area contributed by atoms with Crippen LogP contribution in [0.1, 0.15) is 30.4 Å². The van der Waals surface area contributed by atoms with Crippen LogP contribution in [0, 0.1) is 6.92 Å². The highest BCUT2D eigenvalue weighted by atomic mass is 32.2. The summed E-state index contributed by atoms with van der Waals surface area (Å²) >= 11 is 1.90. The molecule has 0 bridgehead atoms. The van der Waals surface area contributed by atoms with E-state index in [1.54, 1.807) is 0 Å². The molecule has 1 atom stereocenters. The minimum atomic E-state index is -0.224. The molecule has 1 unspecified atom stereocenters. The number of carbonyl (C=O) groups is 2. The van der Waals surface area contributed by atoms with Crippen LogP contribution in [0.3, 0.4) is 0 Å². The first-order chi connectivity index (χ1) is 11.6. The Morgan fingerprint density at radius 2 is 1.83 bits per heavy atom. The highest BCUT2D eigenvalue weighted by Crippen LogP contribution is 2.22. The molecule has 0 spiro atoms. The van der Waals surface area contributed by atoms with Gasteiger partial charge in [-0.05, 0) is 31.7 Å². The Bertz CT molecular complexity index is 582. The van der Waals surface area contributed by atoms with Crippen LogP contribution in [0.15, 0.2) is 24.3 Å². The van der Waals surface area contributed by atoms with Gasteiger partial charge < -0.3 is 9.80 Å². The van der Waals surface area contributed by atoms with Gasteiger partial charge in [0.1, 0.15) is 6.04 Å². The Morgan fingerprint density at radius 3 is 2.54 bits per heavy atom. The lowest BCUT2D eigenvalue weighted by Crippen LogP contribution is -2.50. The molecule has 1 aromatic carbocycles. The number of amides is 2. The Kier molecular flexibility index (Phi) is 5.82. The van der Waals surface area contributed by atoms with Gasteiger partial charge in [0.05, 0.1) is 0 Å². The van der Waals surface area contributed by atoms with Gasteiger partial charge in [0, 0.05) is 37.6 Å². The van der Waals surface area contributed by atoms with Crippen LogP contribution in [-0.2, 0) is 16.0 Å². The zero-order chi connectivity index (χ0) is 16.9. The van der Waals surface area contributed by atoms with Gasteiger partial charge in [-0.15, -0.1) is 0 Å². The molecule has 0 saturated carbocycles. The first-order valence-corrected chi connectivity index (χ1v) is 10.0. The van der Waals surface area contributed by atoms with Gasteiger partial charge in [0.2, 0.25) is 11.8 Å². The van der Waals surface area contributed by atoms with E-state index < -0.39 is 0 Å². The fourth-order valence-electron chi connectivity index (χ4n) is 3.47. The van der Waals surface area contributed by atoms with Gasteiger partial charge in [0.15, 0.2) is 0 Å². The molecule has 2 aliphatic rings. The average molecular weight is 346 g/mol. The maximum Gasteiger partial charge on any atom is 0.245 e. The Hall–Kier alpha value is -1.49. The highest BCUT2D eigenvalue weighted by molar-refractivity contribution is 7.99. The molecule has 0 aliphatic carbocycles. The van der Waals surface area contributed by atoms with Crippen LogP contribution in [0.5, 0.6) is 0 Å². The van der Waals surface area contributed by atoms with Gasteiger partial charge >= 0.3 is 0 Å². The number of rotatable bonds is 4. The molecule has 3 rings (SSSR count). The lowest BCUT2D eigenvalue weighted by Gasteiger charge is -2.32. The third-order valence-corrected chi connectivity index (χ3v) is 5.87. The summed E-state index contributed by atoms with van der Waals surface area (Å²) in [6.07, 6.45) is 2.99. The Morgan fingerprint density at radius 1 is 1.12 bits per heavy atom. The molecule has 0 N–H and O–H groups in total. The summed E-state index contributed by atoms with van der Waals surface area (Å²) in [5.41, 5.74) is 2.42. The predicted octanol–water partition coefficient (Wildman–Crippen LogP) is 2.49. The van der Waals surface area contributed by atoms with Crippen molar-refractivity contribution in [2.75, 3.05) is 31.1 Å². The third kappa shape index (κ3) is 4.12. The van der Waals surface area contributed by atoms with Gasteiger partial charge in [-0.1, -0.05) is 29.8 Å². The summed E-state index contributed by atoms with van der Waals surface area (Å²) in [7, 11) is 0. The first kappa shape index (κ1) is 17.3. The van der Waals surface area contributed by atoms with Crippen molar-refractivity contribution in [1.29, 1.82) is 0 Å². The molecular formula is C19H26N2O2S. The standard InChI is InChI=1S/C19H26N2O2S/c1-15-4-6-16(7-5-15)8-9-18(22)21-10-2-3-17(21)19(23)20-11-13-24-14-12-20/h4-7,17H,2-3,8-14H2,1H3. The lowest BCUT2D eigenvalue weighted by molar-refractivity contribution is -0.143. The van der Waals surface area contributed by atoms with Crippen LogP contribution in [-0.4, -0.2) is 58.8 Å². The van der Waals surface area contributed by atoms with Gasteiger partial charge in [-0.3, -0.25) is 9.59 Å². The van der Waals surface area contributed by atoms with E-state index in [4.69, 9.17) is 0 Å². The van der Waals surface area contributed by atoms with Crippen molar-refractivity contribution in [3.8, 4) is 0 Å². The fourth-order valence-corrected chi connectivity index (χ4v) is 4.37. The van der Waals surface area contributed by atoms with Crippen LogP contribution in [0.2, 0.25) is 0 Å². The summed E-state index contributed by atoms with van der Waals surface area (Å²) in [5, 5.41) is 0. The second-order valence-electron chi connectivity index (χ2n) is 6.67. The fraction of sp³-hybridized carbons (Fsp3) is 0.579. The maximum absolute atomic E-state index is 12.7. The lowest BCUT2D eigenvalue weighted by atomic mass is 10.1. The summed E-state index contributed by atoms with van der Waals surface area (Å²) in [5.74, 6) is 2.31. The van der Waals surface area contributed by atoms with E-state index >= 15 is 0 Å². The predicted molar refractivity (Wildman–Crippen MR) is 98.1 cm³/mol. The third-order valence-electron chi connectivity index (χ3n) is 4.93. The molecule has 4 nitrogen and oxygen atoms in total. The number of benzene rings is 1. The molecule has 2 aliphatic heterocycles. The van der Waals surface area contributed by atoms with Gasteiger partial charge in [-0.2, -0.15) is 11.8 Å². The average Bonchev–Trinajstić information content (AvgIpc) is 3.11. The van der Waals surface area contributed by atoms with Crippen LogP contribution < -0.4 is 0 Å². The summed E-state index contributed by atoms with van der Waals surface area (Å²) in [6, 6.07) is 8.10. The zero-order valence-corrected chi connectivity index (χ0v) is 15.2. The van der Waals surface area contributed by atoms with Crippen LogP contribution in [0.25, 0.3) is 0 Å². The first-order valence-electron chi connectivity index (χ1n) is 8.87. The van der Waals surface area contributed by atoms with Crippen molar-refractivity contribution < 1.29 is 9.59 Å². The van der Waals surface area contributed by atoms with E-state index in [9.17, 15) is 9.59 Å². The smallest absolute Gasteiger partial charge is 0.245 e. The quantitative estimate of drug-likeness (QED) is 0.841. The van der Waals surface area contributed by atoms with E-state index in [2.05, 4.69) is 31.2 Å². The van der Waals surface area contributed by atoms with Crippen molar-refractivity contribution in [2.45, 2.75) is 38.6 Å². The Labute approximate surface area is 148 Å². The molecule has 2 heterocycles. The molecule has 1 aromatic rings. The number of thioether (sulfide) groups is 1. The van der Waals surface area contributed by atoms with E-state index in [1.165, 1.54) is 11.1 Å². The van der Waals surface area contributed by atoms with Crippen molar-refractivity contribution in [2.24, 2.45) is 0 Å². The molecule has 24 heavy (non-hydrogen) atoms. The zero-order valence-electron chi connectivity index (χ0n) is 14.4. The molecule has 0 radical (unpaired) electrons. The Balaban J connectivity index is 1.56. The number of hydrogen-bond acceptors (Lipinski definition) is 3. The van der Waals surface area contributed by atoms with E-state index in [1.807, 2.05) is 21.6 Å². The molecule has 5 heteroatoms. The van der Waals surface area contributed by atoms with Crippen molar-refractivity contribution in [3.05, 3.63) is 35.4 Å². The monoisotopic (exact) mass is 346 g/mol. The second-order valence-corrected chi connectivity index (χ2v) is 7.89. The summed E-state index contributed by atoms with van der Waals surface area (Å²) in [6.45, 7) is 4.44. The van der Waals surface area contributed by atoms with E-state index in [0.29, 0.717) is 6.42 Å². The number of nitrogens with zero attached hydrogens (tertiary/aromatic N) is 2. The van der Waals surface area contributed by atoms with Gasteiger partial charge in [0.25, 0.3) is 0 Å². The molecule has 2 fully saturated rings. The molecule has 2 saturated heterocycles. The minimum absolute atomic E-state index is 0.123. The van der Waals surface area contributed by atoms with E-state index in [0.717, 1.165) is 50.4 Å². The number of likely N-dealkylation sites (tertiary alicyclic amines) is 1. The van der Waals surface area contributed by atoms with Crippen molar-refractivity contribution in [3.63, 3.8) is 0 Å². The van der Waals surface area contributed by atoms with Crippen molar-refractivity contribution in [1.82, 2.24) is 9.80 Å². The van der Waals surface area contributed by atoms with Gasteiger partial charge in [-0.25, -0.2) is 0 Å². The minimum Gasteiger partial charge on any atom is -0.339 e. The second kappa shape index (κ2) is 8.06. The van der Waals surface area contributed by atoms with Crippen LogP contribution >= 0.6 is 11.8 Å². The molecule has 130 valence electrons. The molecule has 0 aromatic heterocycles. The maximum atomic E-state index is 12.7. The van der Waals surface area contributed by atoms with Crippen molar-refractivity contribution >= 4 is 23.6 Å². The number of aryl methyl sites for hydroxylation is 2. The molecule has 2 amide bonds. The highest BCUT2D eigenvalue weighted by Gasteiger charge is 2.36. The summed E-state index contributed by atoms with van der Waals surface area (Å²) in [4.78, 5) is 29.2.